The molecule has 2 aromatic rings. The highest BCUT2D eigenvalue weighted by molar-refractivity contribution is 7.16. The maximum atomic E-state index is 3.08. The highest BCUT2D eigenvalue weighted by Gasteiger charge is 1.88. The summed E-state index contributed by atoms with van der Waals surface area (Å²) in [6.45, 7) is 0. The topological polar surface area (TPSA) is 0 Å². The second-order valence-electron chi connectivity index (χ2n) is 1.90. The molecule has 43 valence electrons. The van der Waals surface area contributed by atoms with E-state index in [2.05, 4.69) is 17.5 Å². The van der Waals surface area contributed by atoms with Gasteiger partial charge in [0.25, 0.3) is 0 Å². The minimum absolute atomic E-state index is 0. The van der Waals surface area contributed by atoms with E-state index in [4.69, 9.17) is 0 Å². The van der Waals surface area contributed by atoms with Crippen molar-refractivity contribution in [2.24, 2.45) is 0 Å². The maximum absolute atomic E-state index is 3.08. The Kier molecular flexibility index (Phi) is 1.03. The van der Waals surface area contributed by atoms with E-state index in [-0.39, 0.29) is 1.43 Å². The van der Waals surface area contributed by atoms with Crippen LogP contribution in [0.4, 0.5) is 0 Å². The number of benzene rings is 1. The molecule has 0 nitrogen and oxygen atoms in total. The zero-order chi connectivity index (χ0) is 6.10. The summed E-state index contributed by atoms with van der Waals surface area (Å²) in [7, 11) is 0. The molecule has 0 atom stereocenters. The molecule has 0 amide bonds. The predicted octanol–water partition coefficient (Wildman–Crippen LogP) is 2.81. The minimum Gasteiger partial charge on any atom is -0.134 e. The fourth-order valence-corrected chi connectivity index (χ4v) is 1.55. The largest absolute Gasteiger partial charge is 1.00 e. The van der Waals surface area contributed by atoms with Gasteiger partial charge in [0.1, 0.15) is 0 Å². The van der Waals surface area contributed by atoms with Crippen LogP contribution in [-0.2, 0) is 0 Å². The maximum Gasteiger partial charge on any atom is 1.00 e. The summed E-state index contributed by atoms with van der Waals surface area (Å²) >= 11 is 1.66. The number of fused-ring (bicyclic) bond motifs is 1. The highest BCUT2D eigenvalue weighted by atomic mass is 32.1. The van der Waals surface area contributed by atoms with Crippen molar-refractivity contribution in [1.82, 2.24) is 0 Å². The van der Waals surface area contributed by atoms with Gasteiger partial charge in [-0.1, -0.05) is 18.2 Å². The molecule has 2 rings (SSSR count). The Morgan fingerprint density at radius 2 is 2.22 bits per heavy atom. The molecule has 0 spiro atoms. The van der Waals surface area contributed by atoms with E-state index in [1.165, 1.54) is 10.1 Å². The average molecular weight is 134 g/mol. The van der Waals surface area contributed by atoms with E-state index in [0.29, 0.717) is 0 Å². The molecule has 0 aliphatic heterocycles. The van der Waals surface area contributed by atoms with Crippen LogP contribution in [0.25, 0.3) is 10.1 Å². The lowest BCUT2D eigenvalue weighted by Crippen LogP contribution is -1.56. The van der Waals surface area contributed by atoms with Crippen LogP contribution in [-0.4, -0.2) is 0 Å². The Bertz CT molecular complexity index is 283. The summed E-state index contributed by atoms with van der Waals surface area (Å²) in [5.74, 6) is 0. The molecule has 0 aliphatic carbocycles. The third-order valence-corrected chi connectivity index (χ3v) is 2.13. The molecule has 1 aromatic heterocycles. The normalized spacial score (nSPS) is 10.2. The van der Waals surface area contributed by atoms with E-state index in [1.54, 1.807) is 11.3 Å². The quantitative estimate of drug-likeness (QED) is 0.519. The number of thiophene rings is 1. The summed E-state index contributed by atoms with van der Waals surface area (Å²) in [6.07, 6.45) is 0. The molecule has 0 aliphatic rings. The van der Waals surface area contributed by atoms with Gasteiger partial charge in [-0.05, 0) is 17.5 Å². The number of hydrogen-bond acceptors (Lipinski definition) is 1. The van der Waals surface area contributed by atoms with E-state index in [0.717, 1.165) is 0 Å². The standard InChI is InChI=1S/C8H5S/c1-2-4-8-7(3-1)5-6-9-8/h1-5H/p+1. The van der Waals surface area contributed by atoms with Crippen LogP contribution in [0.2, 0.25) is 0 Å². The van der Waals surface area contributed by atoms with Crippen molar-refractivity contribution in [3.63, 3.8) is 0 Å². The van der Waals surface area contributed by atoms with Gasteiger partial charge in [-0.2, -0.15) is 0 Å². The molecule has 1 radical (unpaired) electrons. The van der Waals surface area contributed by atoms with Crippen molar-refractivity contribution in [2.75, 3.05) is 0 Å². The van der Waals surface area contributed by atoms with Crippen molar-refractivity contribution in [3.8, 4) is 0 Å². The van der Waals surface area contributed by atoms with Crippen LogP contribution < -0.4 is 0 Å². The third kappa shape index (κ3) is 0.736. The molecule has 0 N–H and O–H groups in total. The minimum atomic E-state index is 0. The monoisotopic (exact) mass is 134 g/mol. The van der Waals surface area contributed by atoms with Gasteiger partial charge in [-0.15, -0.1) is 11.3 Å². The van der Waals surface area contributed by atoms with Gasteiger partial charge in [-0.25, -0.2) is 0 Å². The van der Waals surface area contributed by atoms with Crippen LogP contribution in [0.5, 0.6) is 0 Å². The van der Waals surface area contributed by atoms with E-state index in [9.17, 15) is 0 Å². The predicted molar refractivity (Wildman–Crippen MR) is 41.8 cm³/mol. The van der Waals surface area contributed by atoms with Gasteiger partial charge in [0.05, 0.1) is 0 Å². The fraction of sp³-hybridized carbons (Fsp3) is 0. The molecule has 0 bridgehead atoms. The molecule has 0 fully saturated rings. The average Bonchev–Trinajstić information content (AvgIpc) is 2.33. The van der Waals surface area contributed by atoms with Crippen molar-refractivity contribution < 1.29 is 1.43 Å². The van der Waals surface area contributed by atoms with Gasteiger partial charge in [0.15, 0.2) is 0 Å². The van der Waals surface area contributed by atoms with E-state index in [1.807, 2.05) is 18.2 Å². The third-order valence-electron chi connectivity index (χ3n) is 1.30. The first-order chi connectivity index (χ1) is 4.47. The lowest BCUT2D eigenvalue weighted by atomic mass is 10.3. The molecule has 9 heavy (non-hydrogen) atoms. The summed E-state index contributed by atoms with van der Waals surface area (Å²) in [6, 6.07) is 10.3. The highest BCUT2D eigenvalue weighted by Crippen LogP contribution is 2.18. The first-order valence-corrected chi connectivity index (χ1v) is 3.63. The molecule has 1 aromatic carbocycles. The zero-order valence-electron chi connectivity index (χ0n) is 5.79. The number of hydrogen-bond donors (Lipinski definition) is 0. The molecule has 1 heteroatoms. The van der Waals surface area contributed by atoms with Gasteiger partial charge in [-0.3, -0.25) is 0 Å². The van der Waals surface area contributed by atoms with E-state index >= 15 is 0 Å². The Morgan fingerprint density at radius 3 is 3.11 bits per heavy atom. The first kappa shape index (κ1) is 5.00. The Labute approximate surface area is 59.2 Å². The molecule has 0 saturated heterocycles. The van der Waals surface area contributed by atoms with Gasteiger partial charge < -0.3 is 0 Å². The molecular formula is C8H6S+. The van der Waals surface area contributed by atoms with Gasteiger partial charge in [0, 0.05) is 10.1 Å². The van der Waals surface area contributed by atoms with Crippen molar-refractivity contribution in [3.05, 3.63) is 35.7 Å². The van der Waals surface area contributed by atoms with Gasteiger partial charge >= 0.3 is 1.43 Å². The summed E-state index contributed by atoms with van der Waals surface area (Å²) in [4.78, 5) is 0. The molecular weight excluding hydrogens is 128 g/mol. The van der Waals surface area contributed by atoms with Crippen LogP contribution in [0.15, 0.2) is 30.3 Å². The Hall–Kier alpha value is -0.820. The smallest absolute Gasteiger partial charge is 0.134 e. The molecule has 0 saturated carbocycles. The molecule has 0 unspecified atom stereocenters. The van der Waals surface area contributed by atoms with Crippen LogP contribution >= 0.6 is 11.3 Å². The summed E-state index contributed by atoms with van der Waals surface area (Å²) in [5, 5.41) is 4.37. The van der Waals surface area contributed by atoms with Crippen LogP contribution in [0, 0.1) is 5.38 Å². The lowest BCUT2D eigenvalue weighted by Gasteiger charge is -1.82. The van der Waals surface area contributed by atoms with Crippen LogP contribution in [0.3, 0.4) is 0 Å². The zero-order valence-corrected chi connectivity index (χ0v) is 5.61. The molecule has 1 heterocycles. The SMILES string of the molecule is [H+].[c]1cc2ccccc2s1. The van der Waals surface area contributed by atoms with Crippen molar-refractivity contribution in [1.29, 1.82) is 0 Å². The van der Waals surface area contributed by atoms with Gasteiger partial charge in [0.2, 0.25) is 0 Å². The Balaban J connectivity index is 0.000000500. The second-order valence-corrected chi connectivity index (χ2v) is 2.78. The van der Waals surface area contributed by atoms with Crippen molar-refractivity contribution in [2.45, 2.75) is 0 Å². The van der Waals surface area contributed by atoms with Crippen molar-refractivity contribution >= 4 is 21.4 Å². The fourth-order valence-electron chi connectivity index (χ4n) is 0.849. The Morgan fingerprint density at radius 1 is 1.33 bits per heavy atom. The first-order valence-electron chi connectivity index (χ1n) is 2.81. The summed E-state index contributed by atoms with van der Waals surface area (Å²) in [5.41, 5.74) is 0. The van der Waals surface area contributed by atoms with Crippen LogP contribution in [0.1, 0.15) is 1.43 Å². The second kappa shape index (κ2) is 1.85. The summed E-state index contributed by atoms with van der Waals surface area (Å²) < 4.78 is 1.32. The lowest BCUT2D eigenvalue weighted by molar-refractivity contribution is 1.85. The van der Waals surface area contributed by atoms with E-state index < -0.39 is 0 Å². The number of rotatable bonds is 0.